The van der Waals surface area contributed by atoms with E-state index in [1.54, 1.807) is 12.3 Å². The summed E-state index contributed by atoms with van der Waals surface area (Å²) in [5, 5.41) is 3.45. The molecule has 2 rings (SSSR count). The Morgan fingerprint density at radius 1 is 1.39 bits per heavy atom. The van der Waals surface area contributed by atoms with Crippen molar-refractivity contribution in [1.29, 1.82) is 0 Å². The van der Waals surface area contributed by atoms with Gasteiger partial charge in [0.05, 0.1) is 6.61 Å². The normalized spacial score (nSPS) is 27.2. The van der Waals surface area contributed by atoms with Gasteiger partial charge >= 0.3 is 0 Å². The molecule has 1 aliphatic rings. The Kier molecular flexibility index (Phi) is 4.39. The lowest BCUT2D eigenvalue weighted by atomic mass is 9.94. The molecule has 1 saturated carbocycles. The van der Waals surface area contributed by atoms with Crippen molar-refractivity contribution >= 4 is 5.95 Å². The molecule has 18 heavy (non-hydrogen) atoms. The summed E-state index contributed by atoms with van der Waals surface area (Å²) in [7, 11) is 0. The first-order chi connectivity index (χ1) is 8.74. The summed E-state index contributed by atoms with van der Waals surface area (Å²) in [5.41, 5.74) is 0. The molecule has 0 spiro atoms. The molecule has 0 aliphatic heterocycles. The predicted octanol–water partition coefficient (Wildman–Crippen LogP) is 3.11. The first kappa shape index (κ1) is 13.1. The number of aromatic nitrogens is 2. The second kappa shape index (κ2) is 6.03. The number of anilines is 1. The molecule has 1 aliphatic carbocycles. The Morgan fingerprint density at radius 3 is 2.89 bits per heavy atom. The average Bonchev–Trinajstić information content (AvgIpc) is 2.71. The number of hydrogen-bond acceptors (Lipinski definition) is 4. The number of nitrogens with one attached hydrogen (secondary N) is 1. The van der Waals surface area contributed by atoms with E-state index in [1.807, 2.05) is 6.92 Å². The fourth-order valence-electron chi connectivity index (χ4n) is 2.83. The number of hydrogen-bond donors (Lipinski definition) is 1. The Hall–Kier alpha value is -1.32. The number of nitrogens with zero attached hydrogens (tertiary/aromatic N) is 2. The van der Waals surface area contributed by atoms with Crippen LogP contribution in [0.4, 0.5) is 5.95 Å². The van der Waals surface area contributed by atoms with Crippen LogP contribution >= 0.6 is 0 Å². The summed E-state index contributed by atoms with van der Waals surface area (Å²) in [4.78, 5) is 8.64. The summed E-state index contributed by atoms with van der Waals surface area (Å²) >= 11 is 0. The molecule has 1 aromatic heterocycles. The van der Waals surface area contributed by atoms with Gasteiger partial charge in [0.25, 0.3) is 0 Å². The SMILES string of the molecule is CCOc1ccnc(NC2CCC(CC)C2C)n1. The van der Waals surface area contributed by atoms with E-state index in [1.165, 1.54) is 19.3 Å². The highest BCUT2D eigenvalue weighted by atomic mass is 16.5. The minimum atomic E-state index is 0.492. The van der Waals surface area contributed by atoms with Crippen molar-refractivity contribution in [3.63, 3.8) is 0 Å². The van der Waals surface area contributed by atoms with E-state index in [4.69, 9.17) is 4.74 Å². The molecule has 0 bridgehead atoms. The van der Waals surface area contributed by atoms with Gasteiger partial charge in [0.1, 0.15) is 0 Å². The van der Waals surface area contributed by atoms with Crippen LogP contribution in [0, 0.1) is 11.8 Å². The van der Waals surface area contributed by atoms with E-state index in [0.717, 1.165) is 5.92 Å². The zero-order chi connectivity index (χ0) is 13.0. The van der Waals surface area contributed by atoms with E-state index < -0.39 is 0 Å². The number of rotatable bonds is 5. The molecule has 0 radical (unpaired) electrons. The first-order valence-electron chi connectivity index (χ1n) is 6.97. The summed E-state index contributed by atoms with van der Waals surface area (Å²) in [6.45, 7) is 7.19. The zero-order valence-electron chi connectivity index (χ0n) is 11.5. The lowest BCUT2D eigenvalue weighted by molar-refractivity contribution is 0.326. The van der Waals surface area contributed by atoms with Crippen molar-refractivity contribution in [3.05, 3.63) is 12.3 Å². The minimum absolute atomic E-state index is 0.492. The highest BCUT2D eigenvalue weighted by Crippen LogP contribution is 2.35. The lowest BCUT2D eigenvalue weighted by Crippen LogP contribution is -2.25. The summed E-state index contributed by atoms with van der Waals surface area (Å²) in [6.07, 6.45) is 5.53. The molecular formula is C14H23N3O. The lowest BCUT2D eigenvalue weighted by Gasteiger charge is -2.20. The molecule has 0 aromatic carbocycles. The minimum Gasteiger partial charge on any atom is -0.478 e. The molecule has 3 atom stereocenters. The van der Waals surface area contributed by atoms with Crippen LogP contribution in [0.5, 0.6) is 5.88 Å². The molecule has 0 amide bonds. The predicted molar refractivity (Wildman–Crippen MR) is 72.8 cm³/mol. The van der Waals surface area contributed by atoms with Crippen LogP contribution in [0.15, 0.2) is 12.3 Å². The second-order valence-electron chi connectivity index (χ2n) is 5.01. The standard InChI is InChI=1S/C14H23N3O/c1-4-11-6-7-12(10(11)3)16-14-15-9-8-13(17-14)18-5-2/h8-12H,4-7H2,1-3H3,(H,15,16,17). The van der Waals surface area contributed by atoms with E-state index in [-0.39, 0.29) is 0 Å². The highest BCUT2D eigenvalue weighted by molar-refractivity contribution is 5.29. The maximum absolute atomic E-state index is 5.39. The average molecular weight is 249 g/mol. The molecule has 4 heteroatoms. The van der Waals surface area contributed by atoms with E-state index in [9.17, 15) is 0 Å². The van der Waals surface area contributed by atoms with Gasteiger partial charge in [-0.2, -0.15) is 4.98 Å². The van der Waals surface area contributed by atoms with Gasteiger partial charge in [-0.25, -0.2) is 4.98 Å². The van der Waals surface area contributed by atoms with Gasteiger partial charge < -0.3 is 10.1 Å². The third kappa shape index (κ3) is 2.92. The molecule has 1 N–H and O–H groups in total. The summed E-state index contributed by atoms with van der Waals surface area (Å²) in [6, 6.07) is 2.29. The van der Waals surface area contributed by atoms with Crippen molar-refractivity contribution < 1.29 is 4.74 Å². The quantitative estimate of drug-likeness (QED) is 0.871. The van der Waals surface area contributed by atoms with Crippen molar-refractivity contribution in [3.8, 4) is 5.88 Å². The Bertz CT molecular complexity index is 383. The van der Waals surface area contributed by atoms with E-state index >= 15 is 0 Å². The second-order valence-corrected chi connectivity index (χ2v) is 5.01. The maximum Gasteiger partial charge on any atom is 0.226 e. The van der Waals surface area contributed by atoms with Crippen LogP contribution in [0.2, 0.25) is 0 Å². The Labute approximate surface area is 109 Å². The highest BCUT2D eigenvalue weighted by Gasteiger charge is 2.31. The molecular weight excluding hydrogens is 226 g/mol. The molecule has 1 aromatic rings. The van der Waals surface area contributed by atoms with Crippen molar-refractivity contribution in [2.24, 2.45) is 11.8 Å². The van der Waals surface area contributed by atoms with E-state index in [0.29, 0.717) is 30.4 Å². The first-order valence-corrected chi connectivity index (χ1v) is 6.97. The molecule has 0 saturated heterocycles. The van der Waals surface area contributed by atoms with Gasteiger partial charge in [0, 0.05) is 18.3 Å². The molecule has 100 valence electrons. The van der Waals surface area contributed by atoms with Crippen LogP contribution in [-0.4, -0.2) is 22.6 Å². The van der Waals surface area contributed by atoms with Crippen molar-refractivity contribution in [2.75, 3.05) is 11.9 Å². The number of ether oxygens (including phenoxy) is 1. The topological polar surface area (TPSA) is 47.0 Å². The van der Waals surface area contributed by atoms with Gasteiger partial charge in [-0.3, -0.25) is 0 Å². The van der Waals surface area contributed by atoms with Gasteiger partial charge in [-0.1, -0.05) is 20.3 Å². The molecule has 1 fully saturated rings. The smallest absolute Gasteiger partial charge is 0.226 e. The summed E-state index contributed by atoms with van der Waals surface area (Å²) in [5.74, 6) is 2.86. The van der Waals surface area contributed by atoms with E-state index in [2.05, 4.69) is 29.1 Å². The van der Waals surface area contributed by atoms with Crippen molar-refractivity contribution in [1.82, 2.24) is 9.97 Å². The third-order valence-corrected chi connectivity index (χ3v) is 3.99. The Morgan fingerprint density at radius 2 is 2.22 bits per heavy atom. The van der Waals surface area contributed by atoms with Crippen LogP contribution in [0.3, 0.4) is 0 Å². The summed E-state index contributed by atoms with van der Waals surface area (Å²) < 4.78 is 5.39. The van der Waals surface area contributed by atoms with Crippen LogP contribution in [0.25, 0.3) is 0 Å². The fraction of sp³-hybridized carbons (Fsp3) is 0.714. The monoisotopic (exact) mass is 249 g/mol. The maximum atomic E-state index is 5.39. The van der Waals surface area contributed by atoms with Crippen molar-refractivity contribution in [2.45, 2.75) is 46.1 Å². The largest absolute Gasteiger partial charge is 0.478 e. The van der Waals surface area contributed by atoms with Crippen LogP contribution < -0.4 is 10.1 Å². The molecule has 1 heterocycles. The van der Waals surface area contributed by atoms with Gasteiger partial charge in [-0.05, 0) is 31.6 Å². The zero-order valence-corrected chi connectivity index (χ0v) is 11.5. The molecule has 4 nitrogen and oxygen atoms in total. The third-order valence-electron chi connectivity index (χ3n) is 3.99. The van der Waals surface area contributed by atoms with Gasteiger partial charge in [0.2, 0.25) is 11.8 Å². The molecule has 3 unspecified atom stereocenters. The van der Waals surface area contributed by atoms with Crippen LogP contribution in [-0.2, 0) is 0 Å². The van der Waals surface area contributed by atoms with Gasteiger partial charge in [-0.15, -0.1) is 0 Å². The van der Waals surface area contributed by atoms with Gasteiger partial charge in [0.15, 0.2) is 0 Å². The fourth-order valence-corrected chi connectivity index (χ4v) is 2.83. The Balaban J connectivity index is 1.99. The van der Waals surface area contributed by atoms with Crippen LogP contribution in [0.1, 0.15) is 40.0 Å².